The molecule has 1 atom stereocenters. The zero-order valence-corrected chi connectivity index (χ0v) is 14.2. The van der Waals surface area contributed by atoms with Gasteiger partial charge in [-0.25, -0.2) is 0 Å². The van der Waals surface area contributed by atoms with Crippen molar-refractivity contribution in [2.24, 2.45) is 5.73 Å². The van der Waals surface area contributed by atoms with E-state index in [0.29, 0.717) is 37.5 Å². The summed E-state index contributed by atoms with van der Waals surface area (Å²) in [5, 5.41) is 0. The third-order valence-corrected chi connectivity index (χ3v) is 5.03. The Bertz CT molecular complexity index is 586. The van der Waals surface area contributed by atoms with E-state index >= 15 is 0 Å². The van der Waals surface area contributed by atoms with Crippen LogP contribution in [0.25, 0.3) is 0 Å². The molecule has 0 saturated carbocycles. The molecule has 0 bridgehead atoms. The maximum Gasteiger partial charge on any atom is 0.257 e. The second-order valence-electron chi connectivity index (χ2n) is 6.54. The molecule has 2 fully saturated rings. The minimum atomic E-state index is -0.113. The average molecular weight is 334 g/mol. The largest absolute Gasteiger partial charge is 0.467 e. The third kappa shape index (κ3) is 3.47. The predicted molar refractivity (Wildman–Crippen MR) is 89.4 cm³/mol. The molecule has 0 spiro atoms. The number of carbonyl (C=O) groups is 2. The Morgan fingerprint density at radius 3 is 2.38 bits per heavy atom. The Morgan fingerprint density at radius 2 is 1.79 bits per heavy atom. The lowest BCUT2D eigenvalue weighted by atomic mass is 10.2. The van der Waals surface area contributed by atoms with E-state index in [9.17, 15) is 9.59 Å². The van der Waals surface area contributed by atoms with E-state index in [0.717, 1.165) is 25.9 Å². The summed E-state index contributed by atoms with van der Waals surface area (Å²) < 4.78 is 5.24. The van der Waals surface area contributed by atoms with Gasteiger partial charge < -0.3 is 20.0 Å². The molecule has 132 valence electrons. The second-order valence-corrected chi connectivity index (χ2v) is 6.54. The molecule has 3 heterocycles. The van der Waals surface area contributed by atoms with Crippen LogP contribution in [0, 0.1) is 0 Å². The summed E-state index contributed by atoms with van der Waals surface area (Å²) in [5.41, 5.74) is 6.06. The summed E-state index contributed by atoms with van der Waals surface area (Å²) in [4.78, 5) is 30.9. The van der Waals surface area contributed by atoms with Gasteiger partial charge >= 0.3 is 0 Å². The van der Waals surface area contributed by atoms with Gasteiger partial charge in [0.15, 0.2) is 0 Å². The van der Waals surface area contributed by atoms with Crippen LogP contribution in [0.4, 0.5) is 0 Å². The number of furan rings is 1. The number of likely N-dealkylation sites (tertiary alicyclic amines) is 1. The third-order valence-electron chi connectivity index (χ3n) is 5.03. The van der Waals surface area contributed by atoms with Crippen molar-refractivity contribution in [1.29, 1.82) is 0 Å². The molecule has 1 unspecified atom stereocenters. The van der Waals surface area contributed by atoms with Crippen molar-refractivity contribution in [2.45, 2.75) is 32.4 Å². The first-order valence-electron chi connectivity index (χ1n) is 8.69. The molecule has 1 aromatic heterocycles. The Morgan fingerprint density at radius 1 is 1.12 bits per heavy atom. The SMILES string of the molecule is CC(C(=O)N1CCCC1)N1CCN(C(=O)c2coc(CN)c2)CC1. The lowest BCUT2D eigenvalue weighted by Crippen LogP contribution is -2.55. The van der Waals surface area contributed by atoms with Gasteiger partial charge in [-0.15, -0.1) is 0 Å². The van der Waals surface area contributed by atoms with Crippen LogP contribution in [0.1, 0.15) is 35.9 Å². The summed E-state index contributed by atoms with van der Waals surface area (Å²) in [6.45, 7) is 6.71. The maximum absolute atomic E-state index is 12.5. The Hall–Kier alpha value is -1.86. The van der Waals surface area contributed by atoms with Gasteiger partial charge in [0.25, 0.3) is 5.91 Å². The first-order valence-corrected chi connectivity index (χ1v) is 8.69. The van der Waals surface area contributed by atoms with Crippen LogP contribution in [0.5, 0.6) is 0 Å². The zero-order chi connectivity index (χ0) is 17.1. The van der Waals surface area contributed by atoms with Crippen LogP contribution >= 0.6 is 0 Å². The van der Waals surface area contributed by atoms with Crippen molar-refractivity contribution in [1.82, 2.24) is 14.7 Å². The van der Waals surface area contributed by atoms with Crippen molar-refractivity contribution in [3.63, 3.8) is 0 Å². The van der Waals surface area contributed by atoms with Crippen LogP contribution in [0.3, 0.4) is 0 Å². The van der Waals surface area contributed by atoms with Crippen molar-refractivity contribution in [2.75, 3.05) is 39.3 Å². The van der Waals surface area contributed by atoms with Crippen LogP contribution in [-0.4, -0.2) is 71.8 Å². The highest BCUT2D eigenvalue weighted by molar-refractivity contribution is 5.94. The number of amides is 2. The molecular formula is C17H26N4O3. The standard InChI is InChI=1S/C17H26N4O3/c1-13(16(22)20-4-2-3-5-20)19-6-8-21(9-7-19)17(23)14-10-15(11-18)24-12-14/h10,12-13H,2-9,11,18H2,1H3. The molecular weight excluding hydrogens is 308 g/mol. The van der Waals surface area contributed by atoms with Crippen LogP contribution in [-0.2, 0) is 11.3 Å². The molecule has 7 nitrogen and oxygen atoms in total. The van der Waals surface area contributed by atoms with E-state index in [1.807, 2.05) is 16.7 Å². The van der Waals surface area contributed by atoms with E-state index in [1.54, 1.807) is 6.07 Å². The fourth-order valence-electron chi connectivity index (χ4n) is 3.45. The molecule has 0 radical (unpaired) electrons. The monoisotopic (exact) mass is 334 g/mol. The van der Waals surface area contributed by atoms with Gasteiger partial charge in [0, 0.05) is 39.3 Å². The maximum atomic E-state index is 12.5. The quantitative estimate of drug-likeness (QED) is 0.867. The lowest BCUT2D eigenvalue weighted by Gasteiger charge is -2.38. The topological polar surface area (TPSA) is 83.0 Å². The van der Waals surface area contributed by atoms with Gasteiger partial charge in [0.05, 0.1) is 18.2 Å². The lowest BCUT2D eigenvalue weighted by molar-refractivity contribution is -0.135. The predicted octanol–water partition coefficient (Wildman–Crippen LogP) is 0.507. The summed E-state index contributed by atoms with van der Waals surface area (Å²) >= 11 is 0. The molecule has 0 aromatic carbocycles. The number of carbonyl (C=O) groups excluding carboxylic acids is 2. The fraction of sp³-hybridized carbons (Fsp3) is 0.647. The van der Waals surface area contributed by atoms with Crippen molar-refractivity contribution < 1.29 is 14.0 Å². The van der Waals surface area contributed by atoms with Gasteiger partial charge in [-0.1, -0.05) is 0 Å². The molecule has 24 heavy (non-hydrogen) atoms. The first kappa shape index (κ1) is 17.0. The molecule has 3 rings (SSSR count). The number of hydrogen-bond acceptors (Lipinski definition) is 5. The average Bonchev–Trinajstić information content (AvgIpc) is 3.31. The molecule has 2 N–H and O–H groups in total. The van der Waals surface area contributed by atoms with E-state index in [4.69, 9.17) is 10.2 Å². The van der Waals surface area contributed by atoms with E-state index in [2.05, 4.69) is 4.90 Å². The second kappa shape index (κ2) is 7.36. The Balaban J connectivity index is 1.53. The summed E-state index contributed by atoms with van der Waals surface area (Å²) in [6, 6.07) is 1.59. The van der Waals surface area contributed by atoms with Crippen LogP contribution < -0.4 is 5.73 Å². The zero-order valence-electron chi connectivity index (χ0n) is 14.2. The number of nitrogens with two attached hydrogens (primary N) is 1. The Labute approximate surface area is 142 Å². The van der Waals surface area contributed by atoms with Crippen LogP contribution in [0.15, 0.2) is 16.7 Å². The fourth-order valence-corrected chi connectivity index (χ4v) is 3.45. The van der Waals surface area contributed by atoms with Gasteiger partial charge in [-0.05, 0) is 25.8 Å². The molecule has 0 aliphatic carbocycles. The molecule has 2 aliphatic rings. The molecule has 1 aromatic rings. The summed E-state index contributed by atoms with van der Waals surface area (Å²) in [6.07, 6.45) is 3.68. The smallest absolute Gasteiger partial charge is 0.257 e. The highest BCUT2D eigenvalue weighted by atomic mass is 16.3. The summed E-state index contributed by atoms with van der Waals surface area (Å²) in [5.74, 6) is 0.799. The number of piperazine rings is 1. The van der Waals surface area contributed by atoms with Gasteiger partial charge in [-0.3, -0.25) is 14.5 Å². The number of hydrogen-bond donors (Lipinski definition) is 1. The van der Waals surface area contributed by atoms with E-state index < -0.39 is 0 Å². The number of nitrogens with zero attached hydrogens (tertiary/aromatic N) is 3. The van der Waals surface area contributed by atoms with Crippen molar-refractivity contribution in [3.8, 4) is 0 Å². The number of rotatable bonds is 4. The summed E-state index contributed by atoms with van der Waals surface area (Å²) in [7, 11) is 0. The minimum Gasteiger partial charge on any atom is -0.467 e. The molecule has 2 aliphatic heterocycles. The normalized spacial score (nSPS) is 20.4. The van der Waals surface area contributed by atoms with Crippen molar-refractivity contribution in [3.05, 3.63) is 23.7 Å². The molecule has 2 amide bonds. The minimum absolute atomic E-state index is 0.0309. The first-order chi connectivity index (χ1) is 11.6. The Kier molecular flexibility index (Phi) is 5.20. The van der Waals surface area contributed by atoms with E-state index in [-0.39, 0.29) is 24.4 Å². The van der Waals surface area contributed by atoms with E-state index in [1.165, 1.54) is 6.26 Å². The van der Waals surface area contributed by atoms with Gasteiger partial charge in [-0.2, -0.15) is 0 Å². The highest BCUT2D eigenvalue weighted by Crippen LogP contribution is 2.16. The molecule has 7 heteroatoms. The van der Waals surface area contributed by atoms with Gasteiger partial charge in [0.1, 0.15) is 12.0 Å². The highest BCUT2D eigenvalue weighted by Gasteiger charge is 2.31. The molecule has 2 saturated heterocycles. The van der Waals surface area contributed by atoms with Crippen LogP contribution in [0.2, 0.25) is 0 Å². The van der Waals surface area contributed by atoms with Gasteiger partial charge in [0.2, 0.25) is 5.91 Å². The van der Waals surface area contributed by atoms with Crippen molar-refractivity contribution >= 4 is 11.8 Å².